The third-order valence-corrected chi connectivity index (χ3v) is 5.64. The van der Waals surface area contributed by atoms with Gasteiger partial charge in [-0.2, -0.15) is 0 Å². The second-order valence-corrected chi connectivity index (χ2v) is 7.56. The molecule has 0 saturated carbocycles. The molecule has 2 N–H and O–H groups in total. The van der Waals surface area contributed by atoms with Crippen LogP contribution in [0.15, 0.2) is 71.1 Å². The summed E-state index contributed by atoms with van der Waals surface area (Å²) in [6.45, 7) is 3.82. The summed E-state index contributed by atoms with van der Waals surface area (Å²) in [6, 6.07) is 13.9. The number of para-hydroxylation sites is 1. The summed E-state index contributed by atoms with van der Waals surface area (Å²) in [5, 5.41) is 5.98. The van der Waals surface area contributed by atoms with Crippen molar-refractivity contribution in [2.24, 2.45) is 0 Å². The number of hydrogen-bond donors (Lipinski definition) is 2. The molecule has 1 aliphatic carbocycles. The Bertz CT molecular complexity index is 1070. The first-order chi connectivity index (χ1) is 14.0. The zero-order valence-corrected chi connectivity index (χ0v) is 16.5. The Morgan fingerprint density at radius 3 is 2.55 bits per heavy atom. The number of carbonyl (C=O) groups is 2. The third-order valence-electron chi connectivity index (χ3n) is 5.64. The number of ketones is 1. The molecule has 1 heterocycles. The molecule has 2 aliphatic rings. The molecule has 0 radical (unpaired) electrons. The fourth-order valence-electron chi connectivity index (χ4n) is 4.26. The van der Waals surface area contributed by atoms with E-state index in [1.54, 1.807) is 12.1 Å². The van der Waals surface area contributed by atoms with Gasteiger partial charge in [-0.3, -0.25) is 9.59 Å². The van der Waals surface area contributed by atoms with Gasteiger partial charge in [0.15, 0.2) is 5.78 Å². The number of allylic oxidation sites excluding steroid dienone is 3. The molecule has 1 atom stereocenters. The average molecular weight is 390 g/mol. The van der Waals surface area contributed by atoms with Crippen molar-refractivity contribution >= 4 is 17.4 Å². The highest BCUT2D eigenvalue weighted by atomic mass is 19.1. The van der Waals surface area contributed by atoms with E-state index < -0.39 is 17.6 Å². The van der Waals surface area contributed by atoms with Crippen molar-refractivity contribution in [3.63, 3.8) is 0 Å². The number of aryl methyl sites for hydroxylation is 1. The maximum absolute atomic E-state index is 14.1. The molecule has 0 spiro atoms. The molecule has 4 nitrogen and oxygen atoms in total. The van der Waals surface area contributed by atoms with E-state index in [4.69, 9.17) is 0 Å². The van der Waals surface area contributed by atoms with Crippen LogP contribution in [0.2, 0.25) is 0 Å². The number of anilines is 1. The van der Waals surface area contributed by atoms with Crippen molar-refractivity contribution in [1.29, 1.82) is 0 Å². The monoisotopic (exact) mass is 390 g/mol. The van der Waals surface area contributed by atoms with E-state index in [9.17, 15) is 14.0 Å². The molecule has 0 bridgehead atoms. The van der Waals surface area contributed by atoms with Crippen LogP contribution in [0.5, 0.6) is 0 Å². The second-order valence-electron chi connectivity index (χ2n) is 7.56. The molecule has 29 heavy (non-hydrogen) atoms. The van der Waals surface area contributed by atoms with Gasteiger partial charge in [-0.05, 0) is 49.9 Å². The lowest BCUT2D eigenvalue weighted by atomic mass is 9.74. The Morgan fingerprint density at radius 1 is 1.07 bits per heavy atom. The molecule has 1 aliphatic heterocycles. The highest BCUT2D eigenvalue weighted by Crippen LogP contribution is 2.43. The van der Waals surface area contributed by atoms with Crippen molar-refractivity contribution in [2.45, 2.75) is 39.0 Å². The van der Waals surface area contributed by atoms with Crippen LogP contribution in [-0.2, 0) is 9.59 Å². The van der Waals surface area contributed by atoms with Crippen LogP contribution >= 0.6 is 0 Å². The molecule has 0 unspecified atom stereocenters. The van der Waals surface area contributed by atoms with E-state index in [-0.39, 0.29) is 11.5 Å². The summed E-state index contributed by atoms with van der Waals surface area (Å²) in [6.07, 6.45) is 2.06. The van der Waals surface area contributed by atoms with Gasteiger partial charge in [0.05, 0.1) is 5.69 Å². The molecule has 4 rings (SSSR count). The number of carbonyl (C=O) groups excluding carboxylic acids is 2. The van der Waals surface area contributed by atoms with Crippen molar-refractivity contribution in [3.8, 4) is 0 Å². The lowest BCUT2D eigenvalue weighted by Crippen LogP contribution is -2.35. The smallest absolute Gasteiger partial charge is 0.254 e. The van der Waals surface area contributed by atoms with Crippen molar-refractivity contribution in [1.82, 2.24) is 5.32 Å². The quantitative estimate of drug-likeness (QED) is 0.796. The van der Waals surface area contributed by atoms with Gasteiger partial charge in [0.2, 0.25) is 0 Å². The first kappa shape index (κ1) is 19.1. The van der Waals surface area contributed by atoms with Gasteiger partial charge in [-0.1, -0.05) is 36.4 Å². The highest BCUT2D eigenvalue weighted by molar-refractivity contribution is 6.09. The van der Waals surface area contributed by atoms with E-state index >= 15 is 0 Å². The fourth-order valence-corrected chi connectivity index (χ4v) is 4.26. The van der Waals surface area contributed by atoms with Crippen molar-refractivity contribution in [3.05, 3.63) is 88.0 Å². The summed E-state index contributed by atoms with van der Waals surface area (Å²) in [5.41, 5.74) is 4.76. The average Bonchev–Trinajstić information content (AvgIpc) is 2.69. The first-order valence-corrected chi connectivity index (χ1v) is 9.83. The summed E-state index contributed by atoms with van der Waals surface area (Å²) < 4.78 is 14.1. The highest BCUT2D eigenvalue weighted by Gasteiger charge is 2.39. The largest absolute Gasteiger partial charge is 0.362 e. The minimum absolute atomic E-state index is 0.0655. The SMILES string of the molecule is CC1=C(C(=O)Nc2ccccc2F)[C@@H](c2ccccc2C)C2=C(CCCC2=O)N1. The van der Waals surface area contributed by atoms with Gasteiger partial charge in [-0.25, -0.2) is 4.39 Å². The maximum Gasteiger partial charge on any atom is 0.254 e. The Morgan fingerprint density at radius 2 is 1.79 bits per heavy atom. The van der Waals surface area contributed by atoms with Crippen LogP contribution in [0.25, 0.3) is 0 Å². The van der Waals surface area contributed by atoms with Crippen LogP contribution in [0.4, 0.5) is 10.1 Å². The molecule has 0 saturated heterocycles. The van der Waals surface area contributed by atoms with Crippen molar-refractivity contribution < 1.29 is 14.0 Å². The van der Waals surface area contributed by atoms with Crippen LogP contribution < -0.4 is 10.6 Å². The number of benzene rings is 2. The minimum atomic E-state index is -0.496. The lowest BCUT2D eigenvalue weighted by Gasteiger charge is -2.35. The zero-order valence-electron chi connectivity index (χ0n) is 16.5. The Hall–Kier alpha value is -3.21. The number of halogens is 1. The predicted octanol–water partition coefficient (Wildman–Crippen LogP) is 4.74. The minimum Gasteiger partial charge on any atom is -0.362 e. The molecule has 0 aromatic heterocycles. The first-order valence-electron chi connectivity index (χ1n) is 9.83. The number of dihydropyridines is 1. The van der Waals surface area contributed by atoms with Crippen LogP contribution in [0.3, 0.4) is 0 Å². The predicted molar refractivity (Wildman–Crippen MR) is 111 cm³/mol. The van der Waals surface area contributed by atoms with E-state index in [0.29, 0.717) is 23.3 Å². The summed E-state index contributed by atoms with van der Waals surface area (Å²) >= 11 is 0. The number of rotatable bonds is 3. The molecule has 148 valence electrons. The van der Waals surface area contributed by atoms with Gasteiger partial charge in [0, 0.05) is 34.9 Å². The Labute approximate surface area is 169 Å². The van der Waals surface area contributed by atoms with E-state index in [1.807, 2.05) is 38.1 Å². The summed E-state index contributed by atoms with van der Waals surface area (Å²) in [7, 11) is 0. The van der Waals surface area contributed by atoms with E-state index in [0.717, 1.165) is 29.7 Å². The maximum atomic E-state index is 14.1. The van der Waals surface area contributed by atoms with E-state index in [1.165, 1.54) is 12.1 Å². The van der Waals surface area contributed by atoms with Crippen molar-refractivity contribution in [2.75, 3.05) is 5.32 Å². The molecular weight excluding hydrogens is 367 g/mol. The normalized spacial score (nSPS) is 19.0. The molecule has 5 heteroatoms. The Balaban J connectivity index is 1.82. The standard InChI is InChI=1S/C24H23FN2O2/c1-14-8-3-4-9-16(14)22-21(24(29)27-18-11-6-5-10-17(18)25)15(2)26-19-12-7-13-20(28)23(19)22/h3-6,8-11,22,26H,7,12-13H2,1-2H3,(H,27,29)/t22-/m1/s1. The third kappa shape index (κ3) is 3.48. The van der Waals surface area contributed by atoms with Gasteiger partial charge in [0.1, 0.15) is 5.82 Å². The number of hydrogen-bond acceptors (Lipinski definition) is 3. The number of amides is 1. The second kappa shape index (κ2) is 7.66. The van der Waals surface area contributed by atoms with Gasteiger partial charge in [0.25, 0.3) is 5.91 Å². The van der Waals surface area contributed by atoms with Gasteiger partial charge < -0.3 is 10.6 Å². The molecular formula is C24H23FN2O2. The van der Waals surface area contributed by atoms with Gasteiger partial charge >= 0.3 is 0 Å². The Kier molecular flexibility index (Phi) is 5.05. The summed E-state index contributed by atoms with van der Waals surface area (Å²) in [4.78, 5) is 26.2. The number of Topliss-reactive ketones (excluding diaryl/α,β-unsaturated/α-hetero) is 1. The molecule has 2 aromatic rings. The zero-order chi connectivity index (χ0) is 20.5. The molecule has 1 amide bonds. The lowest BCUT2D eigenvalue weighted by molar-refractivity contribution is -0.116. The topological polar surface area (TPSA) is 58.2 Å². The van der Waals surface area contributed by atoms with Crippen LogP contribution in [0, 0.1) is 12.7 Å². The van der Waals surface area contributed by atoms with Crippen LogP contribution in [0.1, 0.15) is 43.2 Å². The fraction of sp³-hybridized carbons (Fsp3) is 0.250. The van der Waals surface area contributed by atoms with E-state index in [2.05, 4.69) is 10.6 Å². The van der Waals surface area contributed by atoms with Gasteiger partial charge in [-0.15, -0.1) is 0 Å². The molecule has 0 fully saturated rings. The van der Waals surface area contributed by atoms with Crippen LogP contribution in [-0.4, -0.2) is 11.7 Å². The number of nitrogens with one attached hydrogen (secondary N) is 2. The molecule has 2 aromatic carbocycles. The summed E-state index contributed by atoms with van der Waals surface area (Å²) in [5.74, 6) is -1.30.